The van der Waals surface area contributed by atoms with Crippen LogP contribution in [0.25, 0.3) is 0 Å². The molecule has 1 aliphatic heterocycles. The van der Waals surface area contributed by atoms with Gasteiger partial charge in [0.2, 0.25) is 0 Å². The molecular formula is C16H14N2O2. The molecule has 0 amide bonds. The molecule has 4 nitrogen and oxygen atoms in total. The first-order chi connectivity index (χ1) is 9.75. The van der Waals surface area contributed by atoms with Crippen molar-refractivity contribution >= 4 is 0 Å². The van der Waals surface area contributed by atoms with Crippen LogP contribution in [0.2, 0.25) is 0 Å². The molecule has 0 aliphatic carbocycles. The highest BCUT2D eigenvalue weighted by atomic mass is 16.5. The van der Waals surface area contributed by atoms with Crippen LogP contribution in [-0.2, 0) is 6.42 Å². The largest absolute Gasteiger partial charge is 0.492 e. The standard InChI is InChI=1S/C16H14N2O2/c17-10-16(15(19)13-5-3-7-18-9-13)8-12-4-1-2-6-14(12)20-11-16/h1-7,9,15,19H,8,11H2. The van der Waals surface area contributed by atoms with Crippen molar-refractivity contribution in [2.75, 3.05) is 6.61 Å². The lowest BCUT2D eigenvalue weighted by Crippen LogP contribution is -2.39. The Morgan fingerprint density at radius 1 is 1.30 bits per heavy atom. The van der Waals surface area contributed by atoms with Gasteiger partial charge in [0.25, 0.3) is 0 Å². The minimum absolute atomic E-state index is 0.177. The first-order valence-electron chi connectivity index (χ1n) is 6.45. The molecule has 1 aromatic heterocycles. The highest BCUT2D eigenvalue weighted by Gasteiger charge is 2.43. The Labute approximate surface area is 117 Å². The van der Waals surface area contributed by atoms with Crippen LogP contribution < -0.4 is 4.74 Å². The molecule has 2 atom stereocenters. The van der Waals surface area contributed by atoms with E-state index in [0.29, 0.717) is 12.0 Å². The summed E-state index contributed by atoms with van der Waals surface area (Å²) in [6, 6.07) is 13.4. The van der Waals surface area contributed by atoms with Crippen molar-refractivity contribution in [1.82, 2.24) is 4.98 Å². The Bertz CT molecular complexity index is 651. The number of hydrogen-bond acceptors (Lipinski definition) is 4. The molecule has 3 rings (SSSR count). The molecule has 4 heteroatoms. The number of para-hydroxylation sites is 1. The van der Waals surface area contributed by atoms with Gasteiger partial charge in [0.05, 0.1) is 6.07 Å². The summed E-state index contributed by atoms with van der Waals surface area (Å²) in [6.45, 7) is 0.177. The number of aliphatic hydroxyl groups is 1. The first-order valence-corrected chi connectivity index (χ1v) is 6.45. The van der Waals surface area contributed by atoms with Crippen LogP contribution in [0.4, 0.5) is 0 Å². The van der Waals surface area contributed by atoms with Gasteiger partial charge in [-0.25, -0.2) is 0 Å². The number of aromatic nitrogens is 1. The van der Waals surface area contributed by atoms with E-state index in [1.165, 1.54) is 0 Å². The normalized spacial score (nSPS) is 22.2. The summed E-state index contributed by atoms with van der Waals surface area (Å²) in [5.74, 6) is 0.789. The van der Waals surface area contributed by atoms with Crippen molar-refractivity contribution in [1.29, 1.82) is 5.26 Å². The average molecular weight is 266 g/mol. The molecule has 20 heavy (non-hydrogen) atoms. The summed E-state index contributed by atoms with van der Waals surface area (Å²) in [5, 5.41) is 20.2. The average Bonchev–Trinajstić information content (AvgIpc) is 2.54. The Kier molecular flexibility index (Phi) is 3.13. The number of rotatable bonds is 2. The second kappa shape index (κ2) is 4.95. The zero-order valence-electron chi connectivity index (χ0n) is 10.9. The summed E-state index contributed by atoms with van der Waals surface area (Å²) in [4.78, 5) is 4.00. The van der Waals surface area contributed by atoms with Gasteiger partial charge in [-0.1, -0.05) is 24.3 Å². The smallest absolute Gasteiger partial charge is 0.125 e. The molecule has 2 unspecified atom stereocenters. The Morgan fingerprint density at radius 2 is 2.15 bits per heavy atom. The van der Waals surface area contributed by atoms with E-state index in [0.717, 1.165) is 11.3 Å². The van der Waals surface area contributed by atoms with E-state index in [1.54, 1.807) is 24.5 Å². The molecule has 0 fully saturated rings. The summed E-state index contributed by atoms with van der Waals surface area (Å²) in [7, 11) is 0. The van der Waals surface area contributed by atoms with Crippen molar-refractivity contribution in [3.05, 3.63) is 59.9 Å². The number of ether oxygens (including phenoxy) is 1. The summed E-state index contributed by atoms with van der Waals surface area (Å²) >= 11 is 0. The van der Waals surface area contributed by atoms with Crippen LogP contribution in [0, 0.1) is 16.7 Å². The van der Waals surface area contributed by atoms with Crippen LogP contribution in [0.5, 0.6) is 5.75 Å². The lowest BCUT2D eigenvalue weighted by Gasteiger charge is -2.35. The molecule has 1 aromatic carbocycles. The van der Waals surface area contributed by atoms with Crippen molar-refractivity contribution < 1.29 is 9.84 Å². The van der Waals surface area contributed by atoms with Gasteiger partial charge in [-0.05, 0) is 17.7 Å². The van der Waals surface area contributed by atoms with Crippen molar-refractivity contribution in [2.45, 2.75) is 12.5 Å². The Hall–Kier alpha value is -2.38. The van der Waals surface area contributed by atoms with Gasteiger partial charge in [0.1, 0.15) is 23.9 Å². The molecule has 2 heterocycles. The van der Waals surface area contributed by atoms with Gasteiger partial charge in [-0.3, -0.25) is 4.98 Å². The Balaban J connectivity index is 1.97. The topological polar surface area (TPSA) is 66.1 Å². The first kappa shape index (κ1) is 12.6. The van der Waals surface area contributed by atoms with E-state index in [2.05, 4.69) is 11.1 Å². The maximum atomic E-state index is 10.6. The summed E-state index contributed by atoms with van der Waals surface area (Å²) < 4.78 is 5.67. The van der Waals surface area contributed by atoms with Gasteiger partial charge in [0, 0.05) is 24.4 Å². The third-order valence-corrected chi connectivity index (χ3v) is 3.71. The number of fused-ring (bicyclic) bond motifs is 1. The fourth-order valence-electron chi connectivity index (χ4n) is 2.55. The number of benzene rings is 1. The van der Waals surface area contributed by atoms with E-state index in [9.17, 15) is 10.4 Å². The van der Waals surface area contributed by atoms with E-state index in [1.807, 2.05) is 24.3 Å². The fraction of sp³-hybridized carbons (Fsp3) is 0.250. The van der Waals surface area contributed by atoms with Crippen LogP contribution in [-0.4, -0.2) is 16.7 Å². The van der Waals surface area contributed by atoms with Crippen LogP contribution in [0.15, 0.2) is 48.8 Å². The second-order valence-electron chi connectivity index (χ2n) is 5.03. The lowest BCUT2D eigenvalue weighted by atomic mass is 9.75. The quantitative estimate of drug-likeness (QED) is 0.905. The van der Waals surface area contributed by atoms with Gasteiger partial charge in [-0.2, -0.15) is 5.26 Å². The van der Waals surface area contributed by atoms with Crippen molar-refractivity contribution in [3.63, 3.8) is 0 Å². The molecule has 1 aliphatic rings. The molecule has 1 N–H and O–H groups in total. The van der Waals surface area contributed by atoms with Gasteiger partial charge in [-0.15, -0.1) is 0 Å². The number of hydrogen-bond donors (Lipinski definition) is 1. The molecule has 100 valence electrons. The van der Waals surface area contributed by atoms with Gasteiger partial charge in [0.15, 0.2) is 0 Å². The molecule has 0 saturated heterocycles. The fourth-order valence-corrected chi connectivity index (χ4v) is 2.55. The lowest BCUT2D eigenvalue weighted by molar-refractivity contribution is 0.0170. The molecule has 2 aromatic rings. The minimum Gasteiger partial charge on any atom is -0.492 e. The number of nitriles is 1. The summed E-state index contributed by atoms with van der Waals surface area (Å²) in [6.07, 6.45) is 2.77. The molecular weight excluding hydrogens is 252 g/mol. The number of nitrogens with zero attached hydrogens (tertiary/aromatic N) is 2. The minimum atomic E-state index is -0.975. The third-order valence-electron chi connectivity index (χ3n) is 3.71. The van der Waals surface area contributed by atoms with Crippen molar-refractivity contribution in [3.8, 4) is 11.8 Å². The number of aliphatic hydroxyl groups excluding tert-OH is 1. The summed E-state index contributed by atoms with van der Waals surface area (Å²) in [5.41, 5.74) is 0.609. The maximum absolute atomic E-state index is 10.6. The maximum Gasteiger partial charge on any atom is 0.125 e. The zero-order chi connectivity index (χ0) is 14.0. The van der Waals surface area contributed by atoms with E-state index in [4.69, 9.17) is 4.74 Å². The van der Waals surface area contributed by atoms with Crippen LogP contribution in [0.1, 0.15) is 17.2 Å². The Morgan fingerprint density at radius 3 is 2.90 bits per heavy atom. The third kappa shape index (κ3) is 2.02. The van der Waals surface area contributed by atoms with E-state index < -0.39 is 11.5 Å². The molecule has 0 bridgehead atoms. The highest BCUT2D eigenvalue weighted by molar-refractivity contribution is 5.38. The predicted molar refractivity (Wildman–Crippen MR) is 72.9 cm³/mol. The van der Waals surface area contributed by atoms with E-state index in [-0.39, 0.29) is 6.61 Å². The SMILES string of the molecule is N#CC1(C(O)c2cccnc2)COc2ccccc2C1. The van der Waals surface area contributed by atoms with Crippen molar-refractivity contribution in [2.24, 2.45) is 5.41 Å². The monoisotopic (exact) mass is 266 g/mol. The number of pyridine rings is 1. The molecule has 0 saturated carbocycles. The van der Waals surface area contributed by atoms with Gasteiger partial charge < -0.3 is 9.84 Å². The second-order valence-corrected chi connectivity index (χ2v) is 5.03. The predicted octanol–water partition coefficient (Wildman–Crippen LogP) is 2.26. The van der Waals surface area contributed by atoms with E-state index >= 15 is 0 Å². The van der Waals surface area contributed by atoms with Crippen LogP contribution >= 0.6 is 0 Å². The highest BCUT2D eigenvalue weighted by Crippen LogP contribution is 2.42. The zero-order valence-corrected chi connectivity index (χ0v) is 10.9. The van der Waals surface area contributed by atoms with Crippen LogP contribution in [0.3, 0.4) is 0 Å². The van der Waals surface area contributed by atoms with Gasteiger partial charge >= 0.3 is 0 Å². The molecule has 0 radical (unpaired) electrons. The molecule has 0 spiro atoms.